The summed E-state index contributed by atoms with van der Waals surface area (Å²) >= 11 is 2.64. The van der Waals surface area contributed by atoms with Crippen molar-refractivity contribution in [1.29, 1.82) is 0 Å². The van der Waals surface area contributed by atoms with Crippen molar-refractivity contribution < 1.29 is 18.0 Å². The molecular formula is C19H20N4O4S3. The molecule has 3 aromatic rings. The van der Waals surface area contributed by atoms with E-state index in [0.29, 0.717) is 22.1 Å². The van der Waals surface area contributed by atoms with Crippen LogP contribution in [0.3, 0.4) is 0 Å². The molecule has 3 N–H and O–H groups in total. The number of nitrogens with one attached hydrogen (secondary N) is 3. The summed E-state index contributed by atoms with van der Waals surface area (Å²) in [5, 5.41) is 7.83. The first kappa shape index (κ1) is 22.1. The largest absolute Gasteiger partial charge is 0.326 e. The van der Waals surface area contributed by atoms with Crippen LogP contribution in [0.4, 0.5) is 10.8 Å². The normalized spacial score (nSPS) is 11.3. The molecule has 2 amide bonds. The predicted molar refractivity (Wildman–Crippen MR) is 121 cm³/mol. The minimum absolute atomic E-state index is 0.134. The lowest BCUT2D eigenvalue weighted by molar-refractivity contribution is -0.114. The molecule has 8 nitrogen and oxygen atoms in total. The van der Waals surface area contributed by atoms with E-state index < -0.39 is 10.0 Å². The number of sulfonamides is 1. The average Bonchev–Trinajstić information content (AvgIpc) is 3.30. The second kappa shape index (κ2) is 9.47. The number of thiazole rings is 1. The molecule has 1 aromatic carbocycles. The highest BCUT2D eigenvalue weighted by Crippen LogP contribution is 2.27. The number of hydrogen-bond donors (Lipinski definition) is 3. The van der Waals surface area contributed by atoms with E-state index in [9.17, 15) is 18.0 Å². The van der Waals surface area contributed by atoms with Crippen LogP contribution in [0.1, 0.15) is 21.5 Å². The maximum Gasteiger partial charge on any atom is 0.267 e. The van der Waals surface area contributed by atoms with Crippen LogP contribution in [0.15, 0.2) is 41.8 Å². The van der Waals surface area contributed by atoms with Gasteiger partial charge in [0, 0.05) is 35.0 Å². The number of aromatic nitrogens is 1. The topological polar surface area (TPSA) is 117 Å². The molecule has 0 saturated heterocycles. The second-order valence-electron chi connectivity index (χ2n) is 6.43. The highest BCUT2D eigenvalue weighted by Gasteiger charge is 2.13. The molecular weight excluding hydrogens is 444 g/mol. The molecule has 30 heavy (non-hydrogen) atoms. The monoisotopic (exact) mass is 464 g/mol. The molecule has 0 unspecified atom stereocenters. The number of thiophene rings is 1. The number of anilines is 2. The molecule has 11 heteroatoms. The molecule has 3 rings (SSSR count). The molecule has 2 heterocycles. The summed E-state index contributed by atoms with van der Waals surface area (Å²) in [5.74, 6) is -0.394. The first-order chi connectivity index (χ1) is 14.2. The number of nitrogens with zero attached hydrogens (tertiary/aromatic N) is 1. The summed E-state index contributed by atoms with van der Waals surface area (Å²) in [6.07, 6.45) is 1.63. The summed E-state index contributed by atoms with van der Waals surface area (Å²) in [6.45, 7) is 1.74. The van der Waals surface area contributed by atoms with Gasteiger partial charge in [-0.15, -0.1) is 22.7 Å². The fraction of sp³-hybridized carbons (Fsp3) is 0.211. The van der Waals surface area contributed by atoms with Crippen LogP contribution >= 0.6 is 22.7 Å². The SMILES string of the molecule is CC(=O)Nc1ccc(-c2csc(NC(=O)c3ccc(CCNS(C)(=O)=O)s3)n2)cc1. The summed E-state index contributed by atoms with van der Waals surface area (Å²) in [5.41, 5.74) is 2.30. The minimum atomic E-state index is -3.22. The van der Waals surface area contributed by atoms with Gasteiger partial charge < -0.3 is 5.32 Å². The summed E-state index contributed by atoms with van der Waals surface area (Å²) in [7, 11) is -3.22. The van der Waals surface area contributed by atoms with Gasteiger partial charge in [0.1, 0.15) is 0 Å². The Hall–Kier alpha value is -2.60. The van der Waals surface area contributed by atoms with Crippen LogP contribution in [0.25, 0.3) is 11.3 Å². The smallest absolute Gasteiger partial charge is 0.267 e. The van der Waals surface area contributed by atoms with E-state index in [4.69, 9.17) is 0 Å². The molecule has 0 radical (unpaired) electrons. The van der Waals surface area contributed by atoms with E-state index in [-0.39, 0.29) is 18.4 Å². The van der Waals surface area contributed by atoms with Gasteiger partial charge in [-0.25, -0.2) is 18.1 Å². The molecule has 0 bridgehead atoms. The zero-order chi connectivity index (χ0) is 21.7. The molecule has 0 aliphatic rings. The van der Waals surface area contributed by atoms with E-state index >= 15 is 0 Å². The van der Waals surface area contributed by atoms with Crippen LogP contribution in [0.5, 0.6) is 0 Å². The van der Waals surface area contributed by atoms with E-state index in [2.05, 4.69) is 20.3 Å². The third kappa shape index (κ3) is 6.46. The standard InChI is InChI=1S/C19H20N4O4S3/c1-12(24)21-14-5-3-13(4-6-14)16-11-28-19(22-16)23-18(25)17-8-7-15(29-17)9-10-20-30(2,26)27/h3-8,11,20H,9-10H2,1-2H3,(H,21,24)(H,22,23,25). The van der Waals surface area contributed by atoms with Crippen LogP contribution in [0.2, 0.25) is 0 Å². The van der Waals surface area contributed by atoms with Crippen LogP contribution in [-0.2, 0) is 21.2 Å². The van der Waals surface area contributed by atoms with Gasteiger partial charge in [0.15, 0.2) is 5.13 Å². The highest BCUT2D eigenvalue weighted by atomic mass is 32.2. The van der Waals surface area contributed by atoms with Gasteiger partial charge in [0.05, 0.1) is 16.8 Å². The van der Waals surface area contributed by atoms with Gasteiger partial charge in [0.2, 0.25) is 15.9 Å². The zero-order valence-corrected chi connectivity index (χ0v) is 18.7. The Morgan fingerprint density at radius 3 is 2.47 bits per heavy atom. The van der Waals surface area contributed by atoms with Crippen molar-refractivity contribution in [2.45, 2.75) is 13.3 Å². The van der Waals surface area contributed by atoms with Gasteiger partial charge in [-0.2, -0.15) is 0 Å². The minimum Gasteiger partial charge on any atom is -0.326 e. The number of amides is 2. The molecule has 2 aromatic heterocycles. The lowest BCUT2D eigenvalue weighted by atomic mass is 10.1. The molecule has 0 spiro atoms. The van der Waals surface area contributed by atoms with Crippen LogP contribution < -0.4 is 15.4 Å². The number of carbonyl (C=O) groups excluding carboxylic acids is 2. The van der Waals surface area contributed by atoms with Crippen molar-refractivity contribution >= 4 is 55.3 Å². The average molecular weight is 465 g/mol. The van der Waals surface area contributed by atoms with Crippen LogP contribution in [0, 0.1) is 0 Å². The molecule has 0 atom stereocenters. The lowest BCUT2D eigenvalue weighted by Crippen LogP contribution is -2.24. The van der Waals surface area contributed by atoms with E-state index in [1.807, 2.05) is 23.6 Å². The first-order valence-corrected chi connectivity index (χ1v) is 12.5. The van der Waals surface area contributed by atoms with Crippen LogP contribution in [-0.4, -0.2) is 38.0 Å². The second-order valence-corrected chi connectivity index (χ2v) is 10.3. The highest BCUT2D eigenvalue weighted by molar-refractivity contribution is 7.88. The Bertz CT molecular complexity index is 1150. The number of hydrogen-bond acceptors (Lipinski definition) is 7. The maximum absolute atomic E-state index is 12.5. The van der Waals surface area contributed by atoms with Gasteiger partial charge >= 0.3 is 0 Å². The first-order valence-electron chi connectivity index (χ1n) is 8.88. The van der Waals surface area contributed by atoms with Crippen molar-refractivity contribution in [3.63, 3.8) is 0 Å². The Kier molecular flexibility index (Phi) is 6.98. The quantitative estimate of drug-likeness (QED) is 0.473. The maximum atomic E-state index is 12.5. The predicted octanol–water partition coefficient (Wildman–Crippen LogP) is 3.17. The third-order valence-corrected chi connectivity index (χ3v) is 6.48. The lowest BCUT2D eigenvalue weighted by Gasteiger charge is -2.03. The number of rotatable bonds is 8. The fourth-order valence-electron chi connectivity index (χ4n) is 2.54. The molecule has 0 fully saturated rings. The molecule has 0 aliphatic carbocycles. The summed E-state index contributed by atoms with van der Waals surface area (Å²) in [6, 6.07) is 10.8. The summed E-state index contributed by atoms with van der Waals surface area (Å²) < 4.78 is 24.6. The molecule has 158 valence electrons. The van der Waals surface area contributed by atoms with Crippen molar-refractivity contribution in [2.24, 2.45) is 0 Å². The number of carbonyl (C=O) groups is 2. The van der Waals surface area contributed by atoms with E-state index in [1.165, 1.54) is 29.6 Å². The van der Waals surface area contributed by atoms with Crippen molar-refractivity contribution in [3.8, 4) is 11.3 Å². The van der Waals surface area contributed by atoms with Gasteiger partial charge in [-0.1, -0.05) is 12.1 Å². The Morgan fingerprint density at radius 2 is 1.80 bits per heavy atom. The summed E-state index contributed by atoms with van der Waals surface area (Å²) in [4.78, 5) is 29.5. The fourth-order valence-corrected chi connectivity index (χ4v) is 4.63. The Morgan fingerprint density at radius 1 is 1.07 bits per heavy atom. The van der Waals surface area contributed by atoms with E-state index in [1.54, 1.807) is 18.2 Å². The molecule has 0 saturated carbocycles. The van der Waals surface area contributed by atoms with Crippen molar-refractivity contribution in [2.75, 3.05) is 23.4 Å². The zero-order valence-electron chi connectivity index (χ0n) is 16.3. The third-order valence-electron chi connectivity index (χ3n) is 3.85. The Balaban J connectivity index is 1.59. The van der Waals surface area contributed by atoms with E-state index in [0.717, 1.165) is 22.4 Å². The molecule has 0 aliphatic heterocycles. The van der Waals surface area contributed by atoms with Crippen molar-refractivity contribution in [1.82, 2.24) is 9.71 Å². The van der Waals surface area contributed by atoms with Crippen molar-refractivity contribution in [3.05, 3.63) is 51.5 Å². The number of benzene rings is 1. The van der Waals surface area contributed by atoms with Gasteiger partial charge in [-0.05, 0) is 30.7 Å². The van der Waals surface area contributed by atoms with Gasteiger partial charge in [0.25, 0.3) is 5.91 Å². The Labute approximate surface area is 182 Å². The van der Waals surface area contributed by atoms with Gasteiger partial charge in [-0.3, -0.25) is 14.9 Å².